The first-order valence-electron chi connectivity index (χ1n) is 8.39. The average Bonchev–Trinajstić information content (AvgIpc) is 3.05. The minimum absolute atomic E-state index is 0.00239. The summed E-state index contributed by atoms with van der Waals surface area (Å²) in [5.74, 6) is 0.949. The Hall–Kier alpha value is -2.55. The molecule has 25 heavy (non-hydrogen) atoms. The summed E-state index contributed by atoms with van der Waals surface area (Å²) in [6.45, 7) is 2.42. The van der Waals surface area contributed by atoms with Crippen molar-refractivity contribution in [2.75, 3.05) is 24.5 Å². The maximum absolute atomic E-state index is 12.9. The normalized spacial score (nSPS) is 19.4. The zero-order valence-corrected chi connectivity index (χ0v) is 14.4. The van der Waals surface area contributed by atoms with Gasteiger partial charge in [0.15, 0.2) is 5.69 Å². The van der Waals surface area contributed by atoms with Crippen LogP contribution in [0, 0.1) is 0 Å². The minimum Gasteiger partial charge on any atom is -0.354 e. The number of carbonyl (C=O) groups is 1. The molecule has 9 heteroatoms. The summed E-state index contributed by atoms with van der Waals surface area (Å²) >= 11 is 1.08. The molecular weight excluding hydrogens is 338 g/mol. The van der Waals surface area contributed by atoms with Crippen LogP contribution in [0.3, 0.4) is 0 Å². The summed E-state index contributed by atoms with van der Waals surface area (Å²) in [6, 6.07) is 2.01. The molecule has 1 spiro atoms. The van der Waals surface area contributed by atoms with Gasteiger partial charge in [-0.2, -0.15) is 8.75 Å². The van der Waals surface area contributed by atoms with E-state index >= 15 is 0 Å². The molecular formula is C16H17N7OS. The number of nitrogens with one attached hydrogen (secondary N) is 1. The summed E-state index contributed by atoms with van der Waals surface area (Å²) in [7, 11) is 0. The highest BCUT2D eigenvalue weighted by atomic mass is 32.1. The van der Waals surface area contributed by atoms with E-state index in [1.54, 1.807) is 12.5 Å². The number of carbonyl (C=O) groups excluding carboxylic acids is 1. The lowest BCUT2D eigenvalue weighted by Gasteiger charge is -2.32. The quantitative estimate of drug-likeness (QED) is 0.752. The number of aromatic amines is 1. The number of aromatic nitrogens is 5. The molecule has 1 amide bonds. The van der Waals surface area contributed by atoms with E-state index in [9.17, 15) is 4.79 Å². The van der Waals surface area contributed by atoms with E-state index in [-0.39, 0.29) is 11.4 Å². The molecule has 5 rings (SSSR count). The summed E-state index contributed by atoms with van der Waals surface area (Å²) in [6.07, 6.45) is 8.00. The highest BCUT2D eigenvalue weighted by Gasteiger charge is 2.52. The minimum atomic E-state index is -0.106. The van der Waals surface area contributed by atoms with E-state index in [0.29, 0.717) is 5.69 Å². The maximum atomic E-state index is 12.9. The Bertz CT molecular complexity index is 918. The van der Waals surface area contributed by atoms with Gasteiger partial charge in [0.2, 0.25) is 0 Å². The van der Waals surface area contributed by atoms with Gasteiger partial charge in [0, 0.05) is 25.8 Å². The highest BCUT2D eigenvalue weighted by molar-refractivity contribution is 6.99. The number of amides is 1. The zero-order valence-electron chi connectivity index (χ0n) is 13.6. The number of anilines is 1. The van der Waals surface area contributed by atoms with Crippen LogP contribution in [-0.4, -0.2) is 59.7 Å². The van der Waals surface area contributed by atoms with E-state index in [4.69, 9.17) is 0 Å². The third-order valence-corrected chi connectivity index (χ3v) is 5.63. The Labute approximate surface area is 148 Å². The fourth-order valence-corrected chi connectivity index (χ4v) is 4.16. The van der Waals surface area contributed by atoms with E-state index in [1.807, 2.05) is 17.2 Å². The van der Waals surface area contributed by atoms with Gasteiger partial charge in [-0.15, -0.1) is 0 Å². The predicted octanol–water partition coefficient (Wildman–Crippen LogP) is 1.69. The first-order chi connectivity index (χ1) is 12.3. The molecule has 0 atom stereocenters. The van der Waals surface area contributed by atoms with Gasteiger partial charge in [-0.05, 0) is 25.3 Å². The van der Waals surface area contributed by atoms with Crippen molar-refractivity contribution in [3.05, 3.63) is 30.5 Å². The lowest BCUT2D eigenvalue weighted by atomic mass is 10.2. The molecule has 1 saturated carbocycles. The molecule has 3 aromatic rings. The Morgan fingerprint density at radius 3 is 3.00 bits per heavy atom. The summed E-state index contributed by atoms with van der Waals surface area (Å²) in [5, 5.41) is 1.03. The number of rotatable bonds is 2. The number of nitrogens with zero attached hydrogens (tertiary/aromatic N) is 6. The summed E-state index contributed by atoms with van der Waals surface area (Å²) in [4.78, 5) is 29.1. The van der Waals surface area contributed by atoms with E-state index < -0.39 is 0 Å². The summed E-state index contributed by atoms with van der Waals surface area (Å²) < 4.78 is 8.10. The van der Waals surface area contributed by atoms with E-state index in [1.165, 1.54) is 0 Å². The van der Waals surface area contributed by atoms with Gasteiger partial charge in [0.25, 0.3) is 5.91 Å². The van der Waals surface area contributed by atoms with Crippen molar-refractivity contribution < 1.29 is 4.79 Å². The van der Waals surface area contributed by atoms with E-state index in [2.05, 4.69) is 28.6 Å². The fourth-order valence-electron chi connectivity index (χ4n) is 3.75. The first-order valence-corrected chi connectivity index (χ1v) is 9.12. The number of hydrogen-bond acceptors (Lipinski definition) is 7. The van der Waals surface area contributed by atoms with Crippen LogP contribution in [0.2, 0.25) is 0 Å². The first kappa shape index (κ1) is 14.8. The number of hydrogen-bond donors (Lipinski definition) is 1. The zero-order chi connectivity index (χ0) is 16.9. The van der Waals surface area contributed by atoms with Crippen LogP contribution in [-0.2, 0) is 0 Å². The topological polar surface area (TPSA) is 90.9 Å². The third-order valence-electron chi connectivity index (χ3n) is 5.15. The van der Waals surface area contributed by atoms with Crippen molar-refractivity contribution in [1.29, 1.82) is 0 Å². The highest BCUT2D eigenvalue weighted by Crippen LogP contribution is 2.45. The molecule has 0 radical (unpaired) electrons. The molecule has 128 valence electrons. The molecule has 0 unspecified atom stereocenters. The molecule has 1 aliphatic carbocycles. The summed E-state index contributed by atoms with van der Waals surface area (Å²) in [5.41, 5.74) is 1.20. The molecule has 8 nitrogen and oxygen atoms in total. The molecule has 1 saturated heterocycles. The molecule has 4 heterocycles. The maximum Gasteiger partial charge on any atom is 0.275 e. The van der Waals surface area contributed by atoms with Crippen LogP contribution in [0.4, 0.5) is 5.82 Å². The monoisotopic (exact) mass is 355 g/mol. The standard InChI is InChI=1S/C16H17N7OS/c24-15(12-8-20-25-21-12)23-7-1-6-22(9-16(23)3-4-16)14-11-2-5-17-13(11)18-10-19-14/h2,5,8,10H,1,3-4,6-7,9H2,(H,17,18,19). The third kappa shape index (κ3) is 2.38. The van der Waals surface area contributed by atoms with Crippen LogP contribution in [0.5, 0.6) is 0 Å². The second-order valence-corrected chi connectivity index (χ2v) is 7.24. The van der Waals surface area contributed by atoms with Crippen molar-refractivity contribution in [2.24, 2.45) is 0 Å². The Kier molecular flexibility index (Phi) is 3.24. The van der Waals surface area contributed by atoms with Crippen LogP contribution in [0.25, 0.3) is 11.0 Å². The molecule has 0 bridgehead atoms. The molecule has 2 fully saturated rings. The number of H-pyrrole nitrogens is 1. The SMILES string of the molecule is O=C(c1cnsn1)N1CCCN(c2ncnc3[nH]ccc23)CC12CC2. The largest absolute Gasteiger partial charge is 0.354 e. The van der Waals surface area contributed by atoms with Crippen molar-refractivity contribution in [3.8, 4) is 0 Å². The van der Waals surface area contributed by atoms with Crippen LogP contribution in [0.1, 0.15) is 29.8 Å². The second-order valence-electron chi connectivity index (χ2n) is 6.69. The Morgan fingerprint density at radius 1 is 1.28 bits per heavy atom. The Morgan fingerprint density at radius 2 is 2.20 bits per heavy atom. The van der Waals surface area contributed by atoms with Crippen LogP contribution < -0.4 is 4.90 Å². The lowest BCUT2D eigenvalue weighted by Crippen LogP contribution is -2.47. The predicted molar refractivity (Wildman–Crippen MR) is 93.6 cm³/mol. The molecule has 1 aliphatic heterocycles. The van der Waals surface area contributed by atoms with Crippen molar-refractivity contribution in [1.82, 2.24) is 28.6 Å². The molecule has 3 aromatic heterocycles. The molecule has 0 aromatic carbocycles. The average molecular weight is 355 g/mol. The van der Waals surface area contributed by atoms with Crippen molar-refractivity contribution in [3.63, 3.8) is 0 Å². The van der Waals surface area contributed by atoms with Crippen LogP contribution >= 0.6 is 11.7 Å². The van der Waals surface area contributed by atoms with Gasteiger partial charge in [0.1, 0.15) is 17.8 Å². The Balaban J connectivity index is 1.47. The molecule has 1 N–H and O–H groups in total. The van der Waals surface area contributed by atoms with Gasteiger partial charge in [-0.25, -0.2) is 9.97 Å². The fraction of sp³-hybridized carbons (Fsp3) is 0.438. The van der Waals surface area contributed by atoms with Gasteiger partial charge in [0.05, 0.1) is 28.9 Å². The number of fused-ring (bicyclic) bond motifs is 1. The van der Waals surface area contributed by atoms with Gasteiger partial charge in [-0.3, -0.25) is 4.79 Å². The van der Waals surface area contributed by atoms with Gasteiger partial charge in [-0.1, -0.05) is 0 Å². The second kappa shape index (κ2) is 5.48. The van der Waals surface area contributed by atoms with Gasteiger partial charge >= 0.3 is 0 Å². The smallest absolute Gasteiger partial charge is 0.275 e. The molecule has 2 aliphatic rings. The van der Waals surface area contributed by atoms with Crippen molar-refractivity contribution >= 4 is 34.5 Å². The van der Waals surface area contributed by atoms with Crippen LogP contribution in [0.15, 0.2) is 24.8 Å². The van der Waals surface area contributed by atoms with Crippen molar-refractivity contribution in [2.45, 2.75) is 24.8 Å². The lowest BCUT2D eigenvalue weighted by molar-refractivity contribution is 0.0664. The van der Waals surface area contributed by atoms with Gasteiger partial charge < -0.3 is 14.8 Å². The van der Waals surface area contributed by atoms with E-state index in [0.717, 1.165) is 67.5 Å².